The number of benzene rings is 2. The molecule has 0 bridgehead atoms. The lowest BCUT2D eigenvalue weighted by atomic mass is 10.2. The van der Waals surface area contributed by atoms with E-state index in [1.807, 2.05) is 36.4 Å². The number of hydrazone groups is 1. The van der Waals surface area contributed by atoms with E-state index in [0.29, 0.717) is 35.3 Å². The molecule has 26 heavy (non-hydrogen) atoms. The lowest BCUT2D eigenvalue weighted by Gasteiger charge is -2.27. The Balaban J connectivity index is 1.37. The minimum Gasteiger partial charge on any atom is -0.485 e. The van der Waals surface area contributed by atoms with E-state index in [9.17, 15) is 4.79 Å². The molecule has 0 radical (unpaired) electrons. The van der Waals surface area contributed by atoms with Crippen molar-refractivity contribution < 1.29 is 23.7 Å². The standard InChI is InChI=1S/C19H18N2O5/c1-12(17-10-23-13-6-2-4-8-15(13)25-17)20-21-19(22)18-11-24-14-7-3-5-9-16(14)26-18/h2-9,17-18H,10-11H2,1H3,(H,21,22)/b20-12+. The first-order chi connectivity index (χ1) is 12.7. The molecule has 0 saturated carbocycles. The summed E-state index contributed by atoms with van der Waals surface area (Å²) in [6, 6.07) is 14.7. The predicted molar refractivity (Wildman–Crippen MR) is 94.0 cm³/mol. The molecule has 0 fully saturated rings. The highest BCUT2D eigenvalue weighted by molar-refractivity contribution is 5.89. The van der Waals surface area contributed by atoms with Gasteiger partial charge in [0.05, 0.1) is 5.71 Å². The van der Waals surface area contributed by atoms with Crippen LogP contribution in [0.2, 0.25) is 0 Å². The Labute approximate surface area is 150 Å². The molecule has 1 N–H and O–H groups in total. The lowest BCUT2D eigenvalue weighted by molar-refractivity contribution is -0.130. The summed E-state index contributed by atoms with van der Waals surface area (Å²) in [7, 11) is 0. The van der Waals surface area contributed by atoms with Crippen LogP contribution in [0.1, 0.15) is 6.92 Å². The Morgan fingerprint density at radius 3 is 2.00 bits per heavy atom. The maximum Gasteiger partial charge on any atom is 0.284 e. The highest BCUT2D eigenvalue weighted by atomic mass is 16.6. The lowest BCUT2D eigenvalue weighted by Crippen LogP contribution is -2.43. The number of hydrogen-bond donors (Lipinski definition) is 1. The second-order valence-electron chi connectivity index (χ2n) is 5.96. The van der Waals surface area contributed by atoms with Crippen molar-refractivity contribution in [2.45, 2.75) is 19.1 Å². The van der Waals surface area contributed by atoms with E-state index in [1.54, 1.807) is 19.1 Å². The van der Waals surface area contributed by atoms with Gasteiger partial charge in [-0.15, -0.1) is 0 Å². The normalized spacial score (nSPS) is 21.0. The van der Waals surface area contributed by atoms with Gasteiger partial charge in [0.1, 0.15) is 13.2 Å². The zero-order valence-electron chi connectivity index (χ0n) is 14.2. The molecule has 2 aliphatic heterocycles. The molecule has 0 spiro atoms. The highest BCUT2D eigenvalue weighted by Gasteiger charge is 2.28. The molecule has 0 aliphatic carbocycles. The van der Waals surface area contributed by atoms with Crippen molar-refractivity contribution in [3.8, 4) is 23.0 Å². The van der Waals surface area contributed by atoms with Gasteiger partial charge in [0.2, 0.25) is 6.10 Å². The Hall–Kier alpha value is -3.22. The first-order valence-electron chi connectivity index (χ1n) is 8.32. The van der Waals surface area contributed by atoms with Gasteiger partial charge in [-0.05, 0) is 31.2 Å². The summed E-state index contributed by atoms with van der Waals surface area (Å²) in [5, 5.41) is 4.13. The van der Waals surface area contributed by atoms with Crippen molar-refractivity contribution >= 4 is 11.6 Å². The van der Waals surface area contributed by atoms with E-state index < -0.39 is 6.10 Å². The first-order valence-corrected chi connectivity index (χ1v) is 8.32. The van der Waals surface area contributed by atoms with Crippen LogP contribution in [0.25, 0.3) is 0 Å². The second-order valence-corrected chi connectivity index (χ2v) is 5.96. The number of para-hydroxylation sites is 4. The molecular weight excluding hydrogens is 336 g/mol. The average molecular weight is 354 g/mol. The summed E-state index contributed by atoms with van der Waals surface area (Å²) >= 11 is 0. The molecule has 1 amide bonds. The summed E-state index contributed by atoms with van der Waals surface area (Å²) < 4.78 is 22.7. The van der Waals surface area contributed by atoms with Crippen molar-refractivity contribution in [1.29, 1.82) is 0 Å². The van der Waals surface area contributed by atoms with E-state index in [0.717, 1.165) is 0 Å². The van der Waals surface area contributed by atoms with Crippen LogP contribution in [0.4, 0.5) is 0 Å². The van der Waals surface area contributed by atoms with Gasteiger partial charge in [-0.25, -0.2) is 5.43 Å². The van der Waals surface area contributed by atoms with Crippen molar-refractivity contribution in [1.82, 2.24) is 5.43 Å². The fourth-order valence-corrected chi connectivity index (χ4v) is 2.66. The van der Waals surface area contributed by atoms with Crippen LogP contribution >= 0.6 is 0 Å². The minimum absolute atomic E-state index is 0.133. The minimum atomic E-state index is -0.759. The zero-order valence-corrected chi connectivity index (χ0v) is 14.2. The summed E-state index contributed by atoms with van der Waals surface area (Å²) in [5.74, 6) is 2.15. The van der Waals surface area contributed by atoms with Crippen molar-refractivity contribution in [3.05, 3.63) is 48.5 Å². The topological polar surface area (TPSA) is 78.4 Å². The van der Waals surface area contributed by atoms with Gasteiger partial charge in [0.15, 0.2) is 29.1 Å². The molecule has 2 heterocycles. The molecule has 7 heteroatoms. The zero-order chi connectivity index (χ0) is 17.9. The molecule has 2 unspecified atom stereocenters. The van der Waals surface area contributed by atoms with Crippen molar-refractivity contribution in [2.24, 2.45) is 5.10 Å². The van der Waals surface area contributed by atoms with Crippen LogP contribution in [0.3, 0.4) is 0 Å². The number of carbonyl (C=O) groups is 1. The van der Waals surface area contributed by atoms with Crippen LogP contribution in [0, 0.1) is 0 Å². The van der Waals surface area contributed by atoms with Crippen LogP contribution in [0.5, 0.6) is 23.0 Å². The number of nitrogens with one attached hydrogen (secondary N) is 1. The second kappa shape index (κ2) is 6.95. The summed E-state index contributed by atoms with van der Waals surface area (Å²) in [5.41, 5.74) is 3.11. The quantitative estimate of drug-likeness (QED) is 0.675. The molecule has 134 valence electrons. The van der Waals surface area contributed by atoms with Gasteiger partial charge in [-0.2, -0.15) is 5.10 Å². The molecule has 2 aromatic rings. The van der Waals surface area contributed by atoms with Gasteiger partial charge in [0, 0.05) is 0 Å². The molecule has 7 nitrogen and oxygen atoms in total. The van der Waals surface area contributed by atoms with Crippen molar-refractivity contribution in [3.63, 3.8) is 0 Å². The van der Waals surface area contributed by atoms with E-state index in [4.69, 9.17) is 18.9 Å². The monoisotopic (exact) mass is 354 g/mol. The number of rotatable bonds is 3. The van der Waals surface area contributed by atoms with Gasteiger partial charge in [0.25, 0.3) is 5.91 Å². The highest BCUT2D eigenvalue weighted by Crippen LogP contribution is 2.32. The maximum atomic E-state index is 12.3. The van der Waals surface area contributed by atoms with Gasteiger partial charge in [-0.3, -0.25) is 4.79 Å². The molecular formula is C19H18N2O5. The Morgan fingerprint density at radius 2 is 1.38 bits per heavy atom. The summed E-state index contributed by atoms with van der Waals surface area (Å²) in [6.45, 7) is 2.24. The van der Waals surface area contributed by atoms with E-state index in [-0.39, 0.29) is 18.6 Å². The molecule has 2 aliphatic rings. The number of carbonyl (C=O) groups excluding carboxylic acids is 1. The largest absolute Gasteiger partial charge is 0.485 e. The number of fused-ring (bicyclic) bond motifs is 2. The Bertz CT molecular complexity index is 851. The van der Waals surface area contributed by atoms with Crippen LogP contribution in [-0.4, -0.2) is 37.0 Å². The third-order valence-electron chi connectivity index (χ3n) is 4.12. The predicted octanol–water partition coefficient (Wildman–Crippen LogP) is 2.16. The van der Waals surface area contributed by atoms with Crippen LogP contribution in [-0.2, 0) is 4.79 Å². The van der Waals surface area contributed by atoms with Crippen molar-refractivity contribution in [2.75, 3.05) is 13.2 Å². The van der Waals surface area contributed by atoms with Gasteiger partial charge < -0.3 is 18.9 Å². The summed E-state index contributed by atoms with van der Waals surface area (Å²) in [6.07, 6.45) is -1.12. The molecule has 2 aromatic carbocycles. The summed E-state index contributed by atoms with van der Waals surface area (Å²) in [4.78, 5) is 12.3. The van der Waals surface area contributed by atoms with Gasteiger partial charge in [-0.1, -0.05) is 24.3 Å². The number of ether oxygens (including phenoxy) is 4. The van der Waals surface area contributed by atoms with Crippen LogP contribution in [0.15, 0.2) is 53.6 Å². The van der Waals surface area contributed by atoms with Gasteiger partial charge >= 0.3 is 0 Å². The number of nitrogens with zero attached hydrogens (tertiary/aromatic N) is 1. The van der Waals surface area contributed by atoms with Crippen LogP contribution < -0.4 is 24.4 Å². The Kier molecular flexibility index (Phi) is 4.35. The SMILES string of the molecule is C/C(=N\NC(=O)C1COc2ccccc2O1)C1COc2ccccc2O1. The van der Waals surface area contributed by atoms with E-state index in [1.165, 1.54) is 0 Å². The number of amides is 1. The number of hydrogen-bond acceptors (Lipinski definition) is 6. The Morgan fingerprint density at radius 1 is 0.885 bits per heavy atom. The first kappa shape index (κ1) is 16.3. The molecule has 0 saturated heterocycles. The maximum absolute atomic E-state index is 12.3. The average Bonchev–Trinajstić information content (AvgIpc) is 2.71. The van der Waals surface area contributed by atoms with E-state index >= 15 is 0 Å². The molecule has 0 aromatic heterocycles. The third kappa shape index (κ3) is 3.28. The smallest absolute Gasteiger partial charge is 0.284 e. The third-order valence-corrected chi connectivity index (χ3v) is 4.12. The van der Waals surface area contributed by atoms with E-state index in [2.05, 4.69) is 10.5 Å². The molecule has 4 rings (SSSR count). The fraction of sp³-hybridized carbons (Fsp3) is 0.263. The molecule has 2 atom stereocenters. The fourth-order valence-electron chi connectivity index (χ4n) is 2.66.